The van der Waals surface area contributed by atoms with E-state index in [2.05, 4.69) is 5.32 Å². The summed E-state index contributed by atoms with van der Waals surface area (Å²) < 4.78 is 0. The van der Waals surface area contributed by atoms with Crippen molar-refractivity contribution in [3.8, 4) is 0 Å². The van der Waals surface area contributed by atoms with Crippen LogP contribution in [0.15, 0.2) is 30.3 Å². The Bertz CT molecular complexity index is 738. The third-order valence-electron chi connectivity index (χ3n) is 6.31. The lowest BCUT2D eigenvalue weighted by atomic mass is 9.84. The van der Waals surface area contributed by atoms with Gasteiger partial charge in [-0.1, -0.05) is 43.2 Å². The van der Waals surface area contributed by atoms with E-state index in [0.29, 0.717) is 19.3 Å². The van der Waals surface area contributed by atoms with Crippen LogP contribution in [0.1, 0.15) is 51.0 Å². The summed E-state index contributed by atoms with van der Waals surface area (Å²) in [5.41, 5.74) is 1.04. The highest BCUT2D eigenvalue weighted by Crippen LogP contribution is 2.40. The first kappa shape index (κ1) is 21.3. The maximum atomic E-state index is 13.2. The normalized spacial score (nSPS) is 25.8. The van der Waals surface area contributed by atoms with E-state index in [0.717, 1.165) is 31.2 Å². The van der Waals surface area contributed by atoms with E-state index in [1.807, 2.05) is 30.3 Å². The van der Waals surface area contributed by atoms with Crippen LogP contribution in [0, 0.1) is 5.92 Å². The van der Waals surface area contributed by atoms with E-state index in [9.17, 15) is 24.6 Å². The van der Waals surface area contributed by atoms with Gasteiger partial charge in [0.25, 0.3) is 0 Å². The van der Waals surface area contributed by atoms with Crippen LogP contribution in [-0.4, -0.2) is 57.1 Å². The molecule has 1 aliphatic carbocycles. The maximum Gasteiger partial charge on any atom is 0.326 e. The summed E-state index contributed by atoms with van der Waals surface area (Å²) >= 11 is 0. The maximum absolute atomic E-state index is 13.2. The summed E-state index contributed by atoms with van der Waals surface area (Å²) in [6.45, 7) is 1.63. The smallest absolute Gasteiger partial charge is 0.326 e. The molecule has 5 atom stereocenters. The molecule has 1 amide bonds. The molecule has 1 aromatic carbocycles. The standard InChI is InChI=1S/C22H30N2O5/c1-14(23-17(21(26)27)12-11-15-7-3-2-4-8-15)20(25)24-18-10-6-5-9-16(18)13-19(24)22(28)29/h2-4,7-8,14,16-19,23H,5-6,9-13H2,1H3,(H,26,27)(H,28,29)/t14-,16+,17-,18+,19-/m0/s1. The minimum atomic E-state index is -1.01. The number of benzene rings is 1. The topological polar surface area (TPSA) is 107 Å². The van der Waals surface area contributed by atoms with Gasteiger partial charge in [-0.25, -0.2) is 4.79 Å². The molecule has 1 heterocycles. The Labute approximate surface area is 171 Å². The highest BCUT2D eigenvalue weighted by Gasteiger charge is 2.48. The predicted molar refractivity (Wildman–Crippen MR) is 107 cm³/mol. The van der Waals surface area contributed by atoms with Crippen molar-refractivity contribution in [1.29, 1.82) is 0 Å². The summed E-state index contributed by atoms with van der Waals surface area (Å²) in [5, 5.41) is 22.2. The van der Waals surface area contributed by atoms with Crippen molar-refractivity contribution in [2.75, 3.05) is 0 Å². The van der Waals surface area contributed by atoms with Crippen LogP contribution in [0.25, 0.3) is 0 Å². The molecule has 3 N–H and O–H groups in total. The molecule has 1 saturated heterocycles. The van der Waals surface area contributed by atoms with E-state index in [1.165, 1.54) is 4.90 Å². The first-order valence-corrected chi connectivity index (χ1v) is 10.5. The van der Waals surface area contributed by atoms with Crippen LogP contribution in [0.5, 0.6) is 0 Å². The largest absolute Gasteiger partial charge is 0.480 e. The molecule has 2 aliphatic rings. The molecule has 0 bridgehead atoms. The first-order valence-electron chi connectivity index (χ1n) is 10.5. The second-order valence-electron chi connectivity index (χ2n) is 8.25. The molecule has 7 nitrogen and oxygen atoms in total. The Morgan fingerprint density at radius 3 is 2.48 bits per heavy atom. The van der Waals surface area contributed by atoms with Crippen LogP contribution >= 0.6 is 0 Å². The molecule has 0 radical (unpaired) electrons. The van der Waals surface area contributed by atoms with Gasteiger partial charge in [0.05, 0.1) is 6.04 Å². The summed E-state index contributed by atoms with van der Waals surface area (Å²) in [7, 11) is 0. The molecule has 0 spiro atoms. The fraction of sp³-hybridized carbons (Fsp3) is 0.591. The fourth-order valence-electron chi connectivity index (χ4n) is 4.83. The van der Waals surface area contributed by atoms with E-state index in [4.69, 9.17) is 0 Å². The number of rotatable bonds is 8. The number of amides is 1. The van der Waals surface area contributed by atoms with Gasteiger partial charge in [-0.3, -0.25) is 14.9 Å². The molecule has 1 aromatic rings. The summed E-state index contributed by atoms with van der Waals surface area (Å²) in [6, 6.07) is 7.12. The van der Waals surface area contributed by atoms with Gasteiger partial charge in [-0.2, -0.15) is 0 Å². The minimum Gasteiger partial charge on any atom is -0.480 e. The van der Waals surface area contributed by atoms with Crippen molar-refractivity contribution in [1.82, 2.24) is 10.2 Å². The molecule has 0 aromatic heterocycles. The van der Waals surface area contributed by atoms with Gasteiger partial charge in [0.15, 0.2) is 0 Å². The Balaban J connectivity index is 1.66. The number of likely N-dealkylation sites (tertiary alicyclic amines) is 1. The second-order valence-corrected chi connectivity index (χ2v) is 8.25. The van der Waals surface area contributed by atoms with Crippen molar-refractivity contribution in [3.05, 3.63) is 35.9 Å². The minimum absolute atomic E-state index is 0.0470. The van der Waals surface area contributed by atoms with Crippen molar-refractivity contribution in [2.24, 2.45) is 5.92 Å². The van der Waals surface area contributed by atoms with Crippen molar-refractivity contribution in [2.45, 2.75) is 76.0 Å². The summed E-state index contributed by atoms with van der Waals surface area (Å²) in [5.74, 6) is -2.06. The number of carboxylic acid groups (broad SMARTS) is 2. The Morgan fingerprint density at radius 1 is 1.14 bits per heavy atom. The number of hydrogen-bond acceptors (Lipinski definition) is 4. The monoisotopic (exact) mass is 402 g/mol. The van der Waals surface area contributed by atoms with E-state index < -0.39 is 30.1 Å². The third kappa shape index (κ3) is 4.96. The number of nitrogens with one attached hydrogen (secondary N) is 1. The van der Waals surface area contributed by atoms with E-state index in [-0.39, 0.29) is 17.9 Å². The SMILES string of the molecule is C[C@H](N[C@@H](CCc1ccccc1)C(=O)O)C(=O)N1[C@@H]2CCCC[C@@H]2C[C@H]1C(=O)O. The van der Waals surface area contributed by atoms with Crippen LogP contribution < -0.4 is 5.32 Å². The fourth-order valence-corrected chi connectivity index (χ4v) is 4.83. The van der Waals surface area contributed by atoms with Crippen molar-refractivity contribution < 1.29 is 24.6 Å². The van der Waals surface area contributed by atoms with Gasteiger partial charge < -0.3 is 15.1 Å². The van der Waals surface area contributed by atoms with Gasteiger partial charge >= 0.3 is 11.9 Å². The molecule has 1 aliphatic heterocycles. The molecular formula is C22H30N2O5. The van der Waals surface area contributed by atoms with Crippen molar-refractivity contribution >= 4 is 17.8 Å². The van der Waals surface area contributed by atoms with Gasteiger partial charge in [0.1, 0.15) is 12.1 Å². The molecule has 1 saturated carbocycles. The van der Waals surface area contributed by atoms with Gasteiger partial charge in [-0.15, -0.1) is 0 Å². The first-order chi connectivity index (χ1) is 13.9. The summed E-state index contributed by atoms with van der Waals surface area (Å²) in [6.07, 6.45) is 5.27. The lowest BCUT2D eigenvalue weighted by molar-refractivity contribution is -0.151. The molecule has 3 rings (SSSR count). The number of aliphatic carboxylic acids is 2. The highest BCUT2D eigenvalue weighted by molar-refractivity contribution is 5.88. The molecule has 158 valence electrons. The number of aryl methyl sites for hydroxylation is 1. The zero-order chi connectivity index (χ0) is 21.0. The zero-order valence-corrected chi connectivity index (χ0v) is 16.8. The second kappa shape index (κ2) is 9.39. The van der Waals surface area contributed by atoms with Crippen LogP contribution in [0.2, 0.25) is 0 Å². The average molecular weight is 402 g/mol. The number of carboxylic acids is 2. The van der Waals surface area contributed by atoms with Gasteiger partial charge in [0, 0.05) is 6.04 Å². The Hall–Kier alpha value is -2.41. The molecule has 0 unspecified atom stereocenters. The van der Waals surface area contributed by atoms with Gasteiger partial charge in [0.2, 0.25) is 5.91 Å². The summed E-state index contributed by atoms with van der Waals surface area (Å²) in [4.78, 5) is 38.2. The van der Waals surface area contributed by atoms with Crippen LogP contribution in [-0.2, 0) is 20.8 Å². The van der Waals surface area contributed by atoms with E-state index in [1.54, 1.807) is 6.92 Å². The zero-order valence-electron chi connectivity index (χ0n) is 16.8. The lowest BCUT2D eigenvalue weighted by Gasteiger charge is -2.35. The lowest BCUT2D eigenvalue weighted by Crippen LogP contribution is -2.55. The number of hydrogen-bond donors (Lipinski definition) is 3. The molecule has 2 fully saturated rings. The van der Waals surface area contributed by atoms with E-state index >= 15 is 0 Å². The van der Waals surface area contributed by atoms with Gasteiger partial charge in [-0.05, 0) is 50.5 Å². The number of carbonyl (C=O) groups excluding carboxylic acids is 1. The quantitative estimate of drug-likeness (QED) is 0.616. The number of fused-ring (bicyclic) bond motifs is 1. The van der Waals surface area contributed by atoms with Crippen LogP contribution in [0.3, 0.4) is 0 Å². The van der Waals surface area contributed by atoms with Crippen LogP contribution in [0.4, 0.5) is 0 Å². The molecule has 29 heavy (non-hydrogen) atoms. The van der Waals surface area contributed by atoms with Crippen molar-refractivity contribution in [3.63, 3.8) is 0 Å². The third-order valence-corrected chi connectivity index (χ3v) is 6.31. The average Bonchev–Trinajstić information content (AvgIpc) is 3.10. The molecule has 7 heteroatoms. The predicted octanol–water partition coefficient (Wildman–Crippen LogP) is 2.29. The number of carbonyl (C=O) groups is 3. The molecular weight excluding hydrogens is 372 g/mol. The highest BCUT2D eigenvalue weighted by atomic mass is 16.4. The number of nitrogens with zero attached hydrogens (tertiary/aromatic N) is 1. The Morgan fingerprint density at radius 2 is 1.83 bits per heavy atom. The Kier molecular flexibility index (Phi) is 6.90.